The van der Waals surface area contributed by atoms with E-state index in [9.17, 15) is 14.0 Å². The van der Waals surface area contributed by atoms with Crippen molar-refractivity contribution in [3.05, 3.63) is 30.1 Å². The summed E-state index contributed by atoms with van der Waals surface area (Å²) in [7, 11) is 0. The van der Waals surface area contributed by atoms with Gasteiger partial charge in [0.2, 0.25) is 5.91 Å². The maximum atomic E-state index is 13.2. The van der Waals surface area contributed by atoms with E-state index in [1.807, 2.05) is 25.7 Å². The van der Waals surface area contributed by atoms with Gasteiger partial charge in [-0.05, 0) is 37.1 Å². The fourth-order valence-corrected chi connectivity index (χ4v) is 3.56. The van der Waals surface area contributed by atoms with Crippen LogP contribution in [-0.4, -0.2) is 48.6 Å². The third kappa shape index (κ3) is 3.68. The normalized spacial score (nSPS) is 24.7. The Labute approximate surface area is 147 Å². The SMILES string of the molecule is CC(C)(C)C(=O)N1CCCC2(C1)CN(c1ccc(F)cc1)C(=O)CO2. The molecule has 2 aliphatic heterocycles. The second kappa shape index (κ2) is 6.41. The van der Waals surface area contributed by atoms with E-state index in [1.165, 1.54) is 12.1 Å². The highest BCUT2D eigenvalue weighted by atomic mass is 19.1. The molecule has 0 radical (unpaired) electrons. The number of halogens is 1. The van der Waals surface area contributed by atoms with E-state index >= 15 is 0 Å². The first-order valence-electron chi connectivity index (χ1n) is 8.70. The minimum absolute atomic E-state index is 0.0189. The summed E-state index contributed by atoms with van der Waals surface area (Å²) in [6.45, 7) is 7.28. The highest BCUT2D eigenvalue weighted by Gasteiger charge is 2.45. The zero-order valence-corrected chi connectivity index (χ0v) is 15.0. The first-order valence-corrected chi connectivity index (χ1v) is 8.70. The summed E-state index contributed by atoms with van der Waals surface area (Å²) >= 11 is 0. The molecule has 1 spiro atoms. The van der Waals surface area contributed by atoms with Crippen LogP contribution in [0.3, 0.4) is 0 Å². The second-order valence-corrected chi connectivity index (χ2v) is 8.01. The summed E-state index contributed by atoms with van der Waals surface area (Å²) in [4.78, 5) is 28.5. The van der Waals surface area contributed by atoms with Crippen molar-refractivity contribution >= 4 is 17.5 Å². The van der Waals surface area contributed by atoms with Crippen LogP contribution in [-0.2, 0) is 14.3 Å². The molecule has 2 heterocycles. The predicted octanol–water partition coefficient (Wildman–Crippen LogP) is 2.60. The monoisotopic (exact) mass is 348 g/mol. The number of ether oxygens (including phenoxy) is 1. The largest absolute Gasteiger partial charge is 0.361 e. The Morgan fingerprint density at radius 3 is 2.52 bits per heavy atom. The number of hydrogen-bond donors (Lipinski definition) is 0. The van der Waals surface area contributed by atoms with Gasteiger partial charge in [-0.15, -0.1) is 0 Å². The minimum atomic E-state index is -0.554. The lowest BCUT2D eigenvalue weighted by atomic mass is 9.87. The van der Waals surface area contributed by atoms with Crippen LogP contribution < -0.4 is 4.90 Å². The van der Waals surface area contributed by atoms with Gasteiger partial charge in [-0.1, -0.05) is 20.8 Å². The number of hydrogen-bond acceptors (Lipinski definition) is 3. The molecule has 2 saturated heterocycles. The molecule has 1 atom stereocenters. The molecule has 2 fully saturated rings. The van der Waals surface area contributed by atoms with Gasteiger partial charge in [0.1, 0.15) is 18.0 Å². The van der Waals surface area contributed by atoms with Crippen LogP contribution in [0.5, 0.6) is 0 Å². The van der Waals surface area contributed by atoms with Crippen LogP contribution in [0.1, 0.15) is 33.6 Å². The van der Waals surface area contributed by atoms with E-state index < -0.39 is 11.0 Å². The molecule has 0 aliphatic carbocycles. The number of rotatable bonds is 1. The molecule has 0 aromatic heterocycles. The highest BCUT2D eigenvalue weighted by Crippen LogP contribution is 2.33. The Bertz CT molecular complexity index is 668. The van der Waals surface area contributed by atoms with Gasteiger partial charge in [-0.25, -0.2) is 4.39 Å². The van der Waals surface area contributed by atoms with Gasteiger partial charge < -0.3 is 14.5 Å². The van der Waals surface area contributed by atoms with E-state index in [-0.39, 0.29) is 24.2 Å². The summed E-state index contributed by atoms with van der Waals surface area (Å²) in [5, 5.41) is 0. The third-order valence-corrected chi connectivity index (χ3v) is 4.86. The summed E-state index contributed by atoms with van der Waals surface area (Å²) in [6, 6.07) is 5.91. The number of carbonyl (C=O) groups excluding carboxylic acids is 2. The Kier molecular flexibility index (Phi) is 4.58. The lowest BCUT2D eigenvalue weighted by Crippen LogP contribution is -2.63. The molecule has 1 aromatic rings. The number of likely N-dealkylation sites (tertiary alicyclic amines) is 1. The molecule has 1 aromatic carbocycles. The maximum absolute atomic E-state index is 13.2. The first kappa shape index (κ1) is 17.9. The van der Waals surface area contributed by atoms with Crippen molar-refractivity contribution in [2.45, 2.75) is 39.2 Å². The van der Waals surface area contributed by atoms with Gasteiger partial charge in [0.05, 0.1) is 13.1 Å². The van der Waals surface area contributed by atoms with E-state index in [4.69, 9.17) is 4.74 Å². The molecule has 136 valence electrons. The van der Waals surface area contributed by atoms with Crippen molar-refractivity contribution < 1.29 is 18.7 Å². The summed E-state index contributed by atoms with van der Waals surface area (Å²) < 4.78 is 19.1. The van der Waals surface area contributed by atoms with E-state index in [0.717, 1.165) is 12.8 Å². The Morgan fingerprint density at radius 2 is 1.88 bits per heavy atom. The number of piperidine rings is 1. The van der Waals surface area contributed by atoms with Crippen LogP contribution in [0.4, 0.5) is 10.1 Å². The van der Waals surface area contributed by atoms with Gasteiger partial charge in [0.15, 0.2) is 0 Å². The van der Waals surface area contributed by atoms with Crippen molar-refractivity contribution in [3.63, 3.8) is 0 Å². The average molecular weight is 348 g/mol. The molecule has 0 bridgehead atoms. The third-order valence-electron chi connectivity index (χ3n) is 4.86. The van der Waals surface area contributed by atoms with Crippen LogP contribution in [0.15, 0.2) is 24.3 Å². The lowest BCUT2D eigenvalue weighted by molar-refractivity contribution is -0.157. The van der Waals surface area contributed by atoms with Gasteiger partial charge >= 0.3 is 0 Å². The van der Waals surface area contributed by atoms with Crippen LogP contribution in [0, 0.1) is 11.2 Å². The minimum Gasteiger partial charge on any atom is -0.361 e. The topological polar surface area (TPSA) is 49.9 Å². The number of anilines is 1. The maximum Gasteiger partial charge on any atom is 0.253 e. The number of nitrogens with zero attached hydrogens (tertiary/aromatic N) is 2. The Morgan fingerprint density at radius 1 is 1.20 bits per heavy atom. The number of benzene rings is 1. The highest BCUT2D eigenvalue weighted by molar-refractivity contribution is 5.95. The molecular weight excluding hydrogens is 323 g/mol. The van der Waals surface area contributed by atoms with Gasteiger partial charge in [0, 0.05) is 17.6 Å². The molecule has 25 heavy (non-hydrogen) atoms. The summed E-state index contributed by atoms with van der Waals surface area (Å²) in [6.07, 6.45) is 1.64. The van der Waals surface area contributed by atoms with Crippen molar-refractivity contribution in [2.75, 3.05) is 31.1 Å². The summed E-state index contributed by atoms with van der Waals surface area (Å²) in [5.74, 6) is -0.379. The number of morpholine rings is 1. The Hall–Kier alpha value is -1.95. The molecule has 0 saturated carbocycles. The standard InChI is InChI=1S/C19H25FN2O3/c1-18(2,3)17(24)21-10-4-9-19(12-21)13-22(16(23)11-25-19)15-7-5-14(20)6-8-15/h5-8H,4,9-13H2,1-3H3. The van der Waals surface area contributed by atoms with Gasteiger partial charge in [-0.2, -0.15) is 0 Å². The van der Waals surface area contributed by atoms with Crippen molar-refractivity contribution in [1.29, 1.82) is 0 Å². The lowest BCUT2D eigenvalue weighted by Gasteiger charge is -2.48. The zero-order valence-electron chi connectivity index (χ0n) is 15.0. The quantitative estimate of drug-likeness (QED) is 0.784. The van der Waals surface area contributed by atoms with Crippen LogP contribution in [0.25, 0.3) is 0 Å². The van der Waals surface area contributed by atoms with Crippen molar-refractivity contribution in [1.82, 2.24) is 4.90 Å². The average Bonchev–Trinajstić information content (AvgIpc) is 2.57. The molecular formula is C19H25FN2O3. The van der Waals surface area contributed by atoms with Crippen molar-refractivity contribution in [3.8, 4) is 0 Å². The molecule has 0 N–H and O–H groups in total. The second-order valence-electron chi connectivity index (χ2n) is 8.01. The number of carbonyl (C=O) groups is 2. The molecule has 1 unspecified atom stereocenters. The van der Waals surface area contributed by atoms with Crippen LogP contribution in [0.2, 0.25) is 0 Å². The predicted molar refractivity (Wildman–Crippen MR) is 92.7 cm³/mol. The molecule has 2 aliphatic rings. The summed E-state index contributed by atoms with van der Waals surface area (Å²) in [5.41, 5.74) is -0.338. The fourth-order valence-electron chi connectivity index (χ4n) is 3.56. The smallest absolute Gasteiger partial charge is 0.253 e. The van der Waals surface area contributed by atoms with Gasteiger partial charge in [-0.3, -0.25) is 9.59 Å². The molecule has 5 nitrogen and oxygen atoms in total. The zero-order chi connectivity index (χ0) is 18.2. The molecule has 6 heteroatoms. The van der Waals surface area contributed by atoms with Crippen LogP contribution >= 0.6 is 0 Å². The van der Waals surface area contributed by atoms with E-state index in [0.29, 0.717) is 25.3 Å². The first-order chi connectivity index (χ1) is 11.7. The molecule has 3 rings (SSSR count). The molecule has 2 amide bonds. The number of amides is 2. The van der Waals surface area contributed by atoms with Crippen molar-refractivity contribution in [2.24, 2.45) is 5.41 Å². The van der Waals surface area contributed by atoms with E-state index in [2.05, 4.69) is 0 Å². The fraction of sp³-hybridized carbons (Fsp3) is 0.579. The Balaban J connectivity index is 1.80. The van der Waals surface area contributed by atoms with E-state index in [1.54, 1.807) is 17.0 Å². The van der Waals surface area contributed by atoms with Gasteiger partial charge in [0.25, 0.3) is 5.91 Å².